The van der Waals surface area contributed by atoms with Crippen LogP contribution >= 0.6 is 11.3 Å². The van der Waals surface area contributed by atoms with Crippen LogP contribution in [0.25, 0.3) is 0 Å². The van der Waals surface area contributed by atoms with Crippen LogP contribution in [0.2, 0.25) is 0 Å². The molecule has 4 heteroatoms. The molecule has 0 aliphatic heterocycles. The lowest BCUT2D eigenvalue weighted by molar-refractivity contribution is 0.675. The van der Waals surface area contributed by atoms with E-state index in [1.54, 1.807) is 29.9 Å². The summed E-state index contributed by atoms with van der Waals surface area (Å²) in [4.78, 5) is 9.62. The van der Waals surface area contributed by atoms with Crippen LogP contribution in [0.1, 0.15) is 10.6 Å². The summed E-state index contributed by atoms with van der Waals surface area (Å²) in [5.41, 5.74) is 0.990. The smallest absolute Gasteiger partial charge is 0.0724 e. The number of rotatable bonds is 5. The Morgan fingerprint density at radius 3 is 3.07 bits per heavy atom. The molecule has 2 rings (SSSR count). The highest BCUT2D eigenvalue weighted by Crippen LogP contribution is 2.08. The number of aromatic nitrogens is 2. The highest BCUT2D eigenvalue weighted by atomic mass is 32.1. The number of nitrogens with zero attached hydrogens (tertiary/aromatic N) is 2. The molecule has 0 atom stereocenters. The Kier molecular flexibility index (Phi) is 3.82. The van der Waals surface area contributed by atoms with Crippen molar-refractivity contribution >= 4 is 11.3 Å². The lowest BCUT2D eigenvalue weighted by Crippen LogP contribution is -2.17. The molecule has 0 saturated heterocycles. The minimum absolute atomic E-state index is 0.791. The molecular formula is C11H13N3S. The zero-order chi connectivity index (χ0) is 10.3. The van der Waals surface area contributed by atoms with Crippen molar-refractivity contribution in [2.45, 2.75) is 13.0 Å². The van der Waals surface area contributed by atoms with Gasteiger partial charge in [-0.3, -0.25) is 9.97 Å². The first-order valence-electron chi connectivity index (χ1n) is 4.93. The zero-order valence-corrected chi connectivity index (χ0v) is 9.20. The quantitative estimate of drug-likeness (QED) is 0.780. The van der Waals surface area contributed by atoms with Gasteiger partial charge in [-0.1, -0.05) is 6.07 Å². The highest BCUT2D eigenvalue weighted by Gasteiger charge is 1.95. The largest absolute Gasteiger partial charge is 0.311 e. The van der Waals surface area contributed by atoms with E-state index in [0.717, 1.165) is 25.2 Å². The van der Waals surface area contributed by atoms with Gasteiger partial charge in [0.2, 0.25) is 0 Å². The molecule has 0 aliphatic rings. The van der Waals surface area contributed by atoms with Crippen LogP contribution in [-0.2, 0) is 13.0 Å². The van der Waals surface area contributed by atoms with Gasteiger partial charge in [-0.2, -0.15) is 0 Å². The van der Waals surface area contributed by atoms with Crippen molar-refractivity contribution in [1.82, 2.24) is 15.3 Å². The minimum Gasteiger partial charge on any atom is -0.311 e. The molecule has 0 unspecified atom stereocenters. The summed E-state index contributed by atoms with van der Waals surface area (Å²) in [5.74, 6) is 0. The van der Waals surface area contributed by atoms with Gasteiger partial charge in [0.25, 0.3) is 0 Å². The average Bonchev–Trinajstić information content (AvgIpc) is 2.79. The first-order valence-corrected chi connectivity index (χ1v) is 5.81. The van der Waals surface area contributed by atoms with E-state index < -0.39 is 0 Å². The highest BCUT2D eigenvalue weighted by molar-refractivity contribution is 7.09. The van der Waals surface area contributed by atoms with Crippen molar-refractivity contribution in [2.24, 2.45) is 0 Å². The summed E-state index contributed by atoms with van der Waals surface area (Å²) in [5, 5.41) is 5.45. The van der Waals surface area contributed by atoms with Crippen molar-refractivity contribution in [3.63, 3.8) is 0 Å². The molecule has 0 amide bonds. The molecule has 0 saturated carbocycles. The molecule has 78 valence electrons. The summed E-state index contributed by atoms with van der Waals surface area (Å²) in [6, 6.07) is 4.25. The Bertz CT molecular complexity index is 372. The molecule has 0 bridgehead atoms. The molecule has 3 nitrogen and oxygen atoms in total. The Morgan fingerprint density at radius 1 is 1.33 bits per heavy atom. The molecule has 0 radical (unpaired) electrons. The minimum atomic E-state index is 0.791. The van der Waals surface area contributed by atoms with Crippen LogP contribution in [0.5, 0.6) is 0 Å². The van der Waals surface area contributed by atoms with Crippen LogP contribution in [0.3, 0.4) is 0 Å². The first kappa shape index (κ1) is 10.3. The summed E-state index contributed by atoms with van der Waals surface area (Å²) in [7, 11) is 0. The van der Waals surface area contributed by atoms with Gasteiger partial charge < -0.3 is 5.32 Å². The Labute approximate surface area is 93.2 Å². The number of thiophene rings is 1. The fourth-order valence-electron chi connectivity index (χ4n) is 1.30. The van der Waals surface area contributed by atoms with E-state index in [1.165, 1.54) is 4.88 Å². The van der Waals surface area contributed by atoms with Crippen molar-refractivity contribution in [3.05, 3.63) is 46.7 Å². The van der Waals surface area contributed by atoms with Gasteiger partial charge in [0, 0.05) is 36.6 Å². The standard InChI is InChI=1S/C11H13N3S/c1-2-11(15-7-1)3-4-12-8-10-9-13-5-6-14-10/h1-2,5-7,9,12H,3-4,8H2. The molecular weight excluding hydrogens is 206 g/mol. The molecule has 15 heavy (non-hydrogen) atoms. The fraction of sp³-hybridized carbons (Fsp3) is 0.273. The monoisotopic (exact) mass is 219 g/mol. The number of nitrogens with one attached hydrogen (secondary N) is 1. The van der Waals surface area contributed by atoms with Crippen molar-refractivity contribution in [3.8, 4) is 0 Å². The van der Waals surface area contributed by atoms with Crippen LogP contribution < -0.4 is 5.32 Å². The fourth-order valence-corrected chi connectivity index (χ4v) is 2.01. The lowest BCUT2D eigenvalue weighted by atomic mass is 10.3. The Balaban J connectivity index is 1.68. The van der Waals surface area contributed by atoms with E-state index in [1.807, 2.05) is 0 Å². The van der Waals surface area contributed by atoms with Gasteiger partial charge in [-0.25, -0.2) is 0 Å². The summed E-state index contributed by atoms with van der Waals surface area (Å²) in [6.45, 7) is 1.77. The molecule has 0 fully saturated rings. The van der Waals surface area contributed by atoms with Crippen molar-refractivity contribution in [2.75, 3.05) is 6.54 Å². The van der Waals surface area contributed by atoms with Crippen LogP contribution in [0, 0.1) is 0 Å². The predicted molar refractivity (Wildman–Crippen MR) is 61.8 cm³/mol. The summed E-state index contributed by atoms with van der Waals surface area (Å²) in [6.07, 6.45) is 6.28. The lowest BCUT2D eigenvalue weighted by Gasteiger charge is -2.02. The first-order chi connectivity index (χ1) is 7.45. The van der Waals surface area contributed by atoms with Crippen molar-refractivity contribution < 1.29 is 0 Å². The molecule has 2 aromatic rings. The van der Waals surface area contributed by atoms with Crippen molar-refractivity contribution in [1.29, 1.82) is 0 Å². The molecule has 2 aromatic heterocycles. The number of hydrogen-bond donors (Lipinski definition) is 1. The number of hydrogen-bond acceptors (Lipinski definition) is 4. The molecule has 0 aromatic carbocycles. The van der Waals surface area contributed by atoms with E-state index in [-0.39, 0.29) is 0 Å². The molecule has 0 aliphatic carbocycles. The second-order valence-electron chi connectivity index (χ2n) is 3.20. The zero-order valence-electron chi connectivity index (χ0n) is 8.39. The van der Waals surface area contributed by atoms with Crippen LogP contribution in [0.15, 0.2) is 36.1 Å². The van der Waals surface area contributed by atoms with Crippen LogP contribution in [0.4, 0.5) is 0 Å². The second kappa shape index (κ2) is 5.58. The maximum atomic E-state index is 4.19. The van der Waals surface area contributed by atoms with Gasteiger partial charge in [0.05, 0.1) is 5.69 Å². The third kappa shape index (κ3) is 3.42. The van der Waals surface area contributed by atoms with E-state index >= 15 is 0 Å². The van der Waals surface area contributed by atoms with Gasteiger partial charge in [-0.15, -0.1) is 11.3 Å². The van der Waals surface area contributed by atoms with E-state index in [4.69, 9.17) is 0 Å². The van der Waals surface area contributed by atoms with Gasteiger partial charge >= 0.3 is 0 Å². The van der Waals surface area contributed by atoms with E-state index in [0.29, 0.717) is 0 Å². The third-order valence-electron chi connectivity index (χ3n) is 2.05. The average molecular weight is 219 g/mol. The molecule has 0 spiro atoms. The Morgan fingerprint density at radius 2 is 2.33 bits per heavy atom. The predicted octanol–water partition coefficient (Wildman–Crippen LogP) is 1.87. The Hall–Kier alpha value is -1.26. The van der Waals surface area contributed by atoms with Gasteiger partial charge in [-0.05, 0) is 17.9 Å². The SMILES string of the molecule is c1csc(CCNCc2cnccn2)c1. The summed E-state index contributed by atoms with van der Waals surface area (Å²) >= 11 is 1.80. The third-order valence-corrected chi connectivity index (χ3v) is 2.99. The second-order valence-corrected chi connectivity index (χ2v) is 4.24. The topological polar surface area (TPSA) is 37.8 Å². The maximum Gasteiger partial charge on any atom is 0.0724 e. The van der Waals surface area contributed by atoms with Crippen LogP contribution in [-0.4, -0.2) is 16.5 Å². The normalized spacial score (nSPS) is 10.4. The van der Waals surface area contributed by atoms with Gasteiger partial charge in [0.1, 0.15) is 0 Å². The molecule has 2 heterocycles. The van der Waals surface area contributed by atoms with E-state index in [9.17, 15) is 0 Å². The maximum absolute atomic E-state index is 4.19. The summed E-state index contributed by atoms with van der Waals surface area (Å²) < 4.78 is 0. The molecule has 1 N–H and O–H groups in total. The van der Waals surface area contributed by atoms with Gasteiger partial charge in [0.15, 0.2) is 0 Å². The van der Waals surface area contributed by atoms with E-state index in [2.05, 4.69) is 32.8 Å².